The second kappa shape index (κ2) is 4.97. The third-order valence-corrected chi connectivity index (χ3v) is 3.37. The molecule has 3 heterocycles. The lowest BCUT2D eigenvalue weighted by Gasteiger charge is -2.02. The van der Waals surface area contributed by atoms with Gasteiger partial charge in [-0.1, -0.05) is 19.4 Å². The summed E-state index contributed by atoms with van der Waals surface area (Å²) in [7, 11) is 0. The molecule has 0 amide bonds. The standard InChI is InChI=1S/C13H18N6/c1-2-3-4-9-16-11-10(8-5-6-15-7-8)18-19-13(14)12(11)17-9/h5,15H,2-4,6-7H2,1H3,(H2,14,19)(H,16,17). The van der Waals surface area contributed by atoms with Crippen LogP contribution in [0.3, 0.4) is 0 Å². The number of fused-ring (bicyclic) bond motifs is 1. The topological polar surface area (TPSA) is 92.5 Å². The third-order valence-electron chi connectivity index (χ3n) is 3.37. The summed E-state index contributed by atoms with van der Waals surface area (Å²) in [6.07, 6.45) is 5.31. The van der Waals surface area contributed by atoms with Crippen LogP contribution >= 0.6 is 0 Å². The first-order chi connectivity index (χ1) is 9.29. The van der Waals surface area contributed by atoms with Gasteiger partial charge in [-0.15, -0.1) is 10.2 Å². The molecule has 19 heavy (non-hydrogen) atoms. The number of imidazole rings is 1. The van der Waals surface area contributed by atoms with Crippen molar-refractivity contribution in [3.8, 4) is 0 Å². The predicted molar refractivity (Wildman–Crippen MR) is 75.6 cm³/mol. The smallest absolute Gasteiger partial charge is 0.172 e. The fourth-order valence-electron chi connectivity index (χ4n) is 2.31. The van der Waals surface area contributed by atoms with Crippen molar-refractivity contribution in [2.24, 2.45) is 0 Å². The first-order valence-electron chi connectivity index (χ1n) is 6.70. The molecule has 0 atom stereocenters. The summed E-state index contributed by atoms with van der Waals surface area (Å²) in [5.41, 5.74) is 9.52. The number of unbranched alkanes of at least 4 members (excludes halogenated alkanes) is 1. The molecule has 0 bridgehead atoms. The number of hydrogen-bond donors (Lipinski definition) is 3. The molecular formula is C13H18N6. The lowest BCUT2D eigenvalue weighted by atomic mass is 10.1. The molecule has 6 nitrogen and oxygen atoms in total. The molecule has 6 heteroatoms. The number of nitrogen functional groups attached to an aromatic ring is 1. The maximum atomic E-state index is 5.89. The number of nitrogens with two attached hydrogens (primary N) is 1. The van der Waals surface area contributed by atoms with E-state index in [0.717, 1.165) is 60.5 Å². The second-order valence-corrected chi connectivity index (χ2v) is 4.80. The Kier molecular flexibility index (Phi) is 3.16. The maximum Gasteiger partial charge on any atom is 0.172 e. The van der Waals surface area contributed by atoms with Gasteiger partial charge in [0.2, 0.25) is 0 Å². The average molecular weight is 258 g/mol. The summed E-state index contributed by atoms with van der Waals surface area (Å²) in [6, 6.07) is 0. The average Bonchev–Trinajstić information content (AvgIpc) is 3.06. The number of hydrogen-bond acceptors (Lipinski definition) is 5. The number of nitrogens with one attached hydrogen (secondary N) is 2. The van der Waals surface area contributed by atoms with Crippen molar-refractivity contribution in [2.45, 2.75) is 26.2 Å². The molecule has 0 saturated heterocycles. The molecule has 0 aliphatic carbocycles. The summed E-state index contributed by atoms with van der Waals surface area (Å²) >= 11 is 0. The van der Waals surface area contributed by atoms with Crippen molar-refractivity contribution < 1.29 is 0 Å². The molecule has 0 fully saturated rings. The molecule has 100 valence electrons. The van der Waals surface area contributed by atoms with E-state index in [0.29, 0.717) is 5.82 Å². The number of aromatic nitrogens is 4. The van der Waals surface area contributed by atoms with Crippen molar-refractivity contribution >= 4 is 22.4 Å². The van der Waals surface area contributed by atoms with Crippen LogP contribution in [0.1, 0.15) is 31.3 Å². The lowest BCUT2D eigenvalue weighted by molar-refractivity contribution is 0.765. The summed E-state index contributed by atoms with van der Waals surface area (Å²) in [5.74, 6) is 1.38. The number of anilines is 1. The molecule has 1 aliphatic heterocycles. The minimum absolute atomic E-state index is 0.417. The SMILES string of the molecule is CCCCc1nc2c(C3=CCNC3)nnc(N)c2[nH]1. The molecule has 0 aromatic carbocycles. The van der Waals surface area contributed by atoms with Crippen LogP contribution < -0.4 is 11.1 Å². The van der Waals surface area contributed by atoms with E-state index >= 15 is 0 Å². The zero-order valence-corrected chi connectivity index (χ0v) is 11.0. The highest BCUT2D eigenvalue weighted by molar-refractivity contribution is 5.93. The Balaban J connectivity index is 2.07. The number of H-pyrrole nitrogens is 1. The van der Waals surface area contributed by atoms with E-state index in [9.17, 15) is 0 Å². The summed E-state index contributed by atoms with van der Waals surface area (Å²) in [5, 5.41) is 11.5. The van der Waals surface area contributed by atoms with Gasteiger partial charge in [-0.25, -0.2) is 4.98 Å². The molecule has 2 aromatic rings. The van der Waals surface area contributed by atoms with E-state index in [-0.39, 0.29) is 0 Å². The van der Waals surface area contributed by atoms with E-state index < -0.39 is 0 Å². The molecule has 0 spiro atoms. The van der Waals surface area contributed by atoms with Gasteiger partial charge in [0.25, 0.3) is 0 Å². The van der Waals surface area contributed by atoms with Crippen molar-refractivity contribution in [3.63, 3.8) is 0 Å². The number of aromatic amines is 1. The molecule has 3 rings (SSSR count). The third kappa shape index (κ3) is 2.19. The highest BCUT2D eigenvalue weighted by Crippen LogP contribution is 2.25. The monoisotopic (exact) mass is 258 g/mol. The minimum atomic E-state index is 0.417. The van der Waals surface area contributed by atoms with Gasteiger partial charge in [0.05, 0.1) is 0 Å². The Hall–Kier alpha value is -1.95. The first kappa shape index (κ1) is 12.1. The fourth-order valence-corrected chi connectivity index (χ4v) is 2.31. The van der Waals surface area contributed by atoms with Gasteiger partial charge in [-0.3, -0.25) is 0 Å². The summed E-state index contributed by atoms with van der Waals surface area (Å²) in [4.78, 5) is 7.93. The van der Waals surface area contributed by atoms with Crippen molar-refractivity contribution in [3.05, 3.63) is 17.6 Å². The Morgan fingerprint density at radius 1 is 1.37 bits per heavy atom. The summed E-state index contributed by atoms with van der Waals surface area (Å²) in [6.45, 7) is 3.85. The largest absolute Gasteiger partial charge is 0.380 e. The zero-order chi connectivity index (χ0) is 13.2. The van der Waals surface area contributed by atoms with E-state index in [1.807, 2.05) is 0 Å². The fraction of sp³-hybridized carbons (Fsp3) is 0.462. The molecule has 0 radical (unpaired) electrons. The molecule has 1 aliphatic rings. The molecule has 0 unspecified atom stereocenters. The van der Waals surface area contributed by atoms with Crippen LogP contribution in [0.2, 0.25) is 0 Å². The highest BCUT2D eigenvalue weighted by atomic mass is 15.2. The van der Waals surface area contributed by atoms with Gasteiger partial charge in [0, 0.05) is 19.5 Å². The number of nitrogens with zero attached hydrogens (tertiary/aromatic N) is 3. The van der Waals surface area contributed by atoms with Crippen LogP contribution in [-0.4, -0.2) is 33.3 Å². The lowest BCUT2D eigenvalue weighted by Crippen LogP contribution is -2.09. The predicted octanol–water partition coefficient (Wildman–Crippen LogP) is 1.26. The highest BCUT2D eigenvalue weighted by Gasteiger charge is 2.17. The van der Waals surface area contributed by atoms with Crippen molar-refractivity contribution in [1.82, 2.24) is 25.5 Å². The molecule has 4 N–H and O–H groups in total. The van der Waals surface area contributed by atoms with E-state index in [4.69, 9.17) is 5.73 Å². The quantitative estimate of drug-likeness (QED) is 0.768. The minimum Gasteiger partial charge on any atom is -0.380 e. The van der Waals surface area contributed by atoms with Crippen molar-refractivity contribution in [2.75, 3.05) is 18.8 Å². The van der Waals surface area contributed by atoms with Gasteiger partial charge in [0.15, 0.2) is 5.82 Å². The Bertz CT molecular complexity index is 627. The molecule has 0 saturated carbocycles. The van der Waals surface area contributed by atoms with E-state index in [1.54, 1.807) is 0 Å². The van der Waals surface area contributed by atoms with Crippen LogP contribution in [0, 0.1) is 0 Å². The van der Waals surface area contributed by atoms with Crippen molar-refractivity contribution in [1.29, 1.82) is 0 Å². The Labute approximate surface area is 111 Å². The maximum absolute atomic E-state index is 5.89. The normalized spacial score (nSPS) is 15.1. The second-order valence-electron chi connectivity index (χ2n) is 4.80. The van der Waals surface area contributed by atoms with Crippen LogP contribution in [0.5, 0.6) is 0 Å². The Morgan fingerprint density at radius 3 is 3.00 bits per heavy atom. The Morgan fingerprint density at radius 2 is 2.26 bits per heavy atom. The van der Waals surface area contributed by atoms with Crippen LogP contribution in [0.15, 0.2) is 6.08 Å². The summed E-state index contributed by atoms with van der Waals surface area (Å²) < 4.78 is 0. The van der Waals surface area contributed by atoms with E-state index in [2.05, 4.69) is 38.5 Å². The number of rotatable bonds is 4. The molecule has 2 aromatic heterocycles. The molecular weight excluding hydrogens is 240 g/mol. The van der Waals surface area contributed by atoms with Gasteiger partial charge >= 0.3 is 0 Å². The number of aryl methyl sites for hydroxylation is 1. The van der Waals surface area contributed by atoms with Gasteiger partial charge in [0.1, 0.15) is 22.6 Å². The van der Waals surface area contributed by atoms with E-state index in [1.165, 1.54) is 0 Å². The van der Waals surface area contributed by atoms with Crippen LogP contribution in [-0.2, 0) is 6.42 Å². The van der Waals surface area contributed by atoms with Crippen LogP contribution in [0.25, 0.3) is 16.6 Å². The van der Waals surface area contributed by atoms with Gasteiger partial charge in [-0.2, -0.15) is 0 Å². The first-order valence-corrected chi connectivity index (χ1v) is 6.70. The van der Waals surface area contributed by atoms with Gasteiger partial charge in [-0.05, 0) is 12.0 Å². The zero-order valence-electron chi connectivity index (χ0n) is 11.0. The van der Waals surface area contributed by atoms with Crippen LogP contribution in [0.4, 0.5) is 5.82 Å². The van der Waals surface area contributed by atoms with Gasteiger partial charge < -0.3 is 16.0 Å².